The van der Waals surface area contributed by atoms with E-state index in [1.54, 1.807) is 0 Å². The minimum Gasteiger partial charge on any atom is -0.320 e. The maximum absolute atomic E-state index is 3.24. The molecule has 84 valence electrons. The van der Waals surface area contributed by atoms with Crippen molar-refractivity contribution < 1.29 is 0 Å². The number of hydrogen-bond acceptors (Lipinski definition) is 2. The molecule has 2 nitrogen and oxygen atoms in total. The zero-order chi connectivity index (χ0) is 10.6. The zero-order valence-corrected chi connectivity index (χ0v) is 10.2. The van der Waals surface area contributed by atoms with Crippen molar-refractivity contribution in [1.82, 2.24) is 10.2 Å². The third kappa shape index (κ3) is 3.97. The van der Waals surface area contributed by atoms with Gasteiger partial charge >= 0.3 is 0 Å². The van der Waals surface area contributed by atoms with E-state index < -0.39 is 0 Å². The predicted octanol–water partition coefficient (Wildman–Crippen LogP) is 2.10. The molecule has 1 aliphatic rings. The Hall–Kier alpha value is -0.0800. The fourth-order valence-electron chi connectivity index (χ4n) is 2.04. The Balaban J connectivity index is 2.32. The normalized spacial score (nSPS) is 19.3. The Morgan fingerprint density at radius 2 is 1.93 bits per heavy atom. The van der Waals surface area contributed by atoms with Gasteiger partial charge in [0.25, 0.3) is 0 Å². The van der Waals surface area contributed by atoms with Gasteiger partial charge in [-0.05, 0) is 45.7 Å². The molecule has 0 spiro atoms. The second kappa shape index (κ2) is 5.72. The first-order valence-corrected chi connectivity index (χ1v) is 6.05. The van der Waals surface area contributed by atoms with Crippen LogP contribution in [0.1, 0.15) is 40.0 Å². The standard InChI is InChI=1S/C12H26N2/c1-10(2)9-14(12-5-6-12)11(3)7-8-13-4/h10-13H,5-9H2,1-4H3. The highest BCUT2D eigenvalue weighted by molar-refractivity contribution is 4.87. The molecule has 0 aromatic heterocycles. The number of rotatable bonds is 7. The van der Waals surface area contributed by atoms with E-state index in [0.29, 0.717) is 0 Å². The van der Waals surface area contributed by atoms with Crippen LogP contribution in [0.2, 0.25) is 0 Å². The van der Waals surface area contributed by atoms with Gasteiger partial charge < -0.3 is 5.32 Å². The first kappa shape index (κ1) is 12.0. The third-order valence-corrected chi connectivity index (χ3v) is 2.97. The van der Waals surface area contributed by atoms with Crippen LogP contribution in [0, 0.1) is 5.92 Å². The van der Waals surface area contributed by atoms with E-state index in [4.69, 9.17) is 0 Å². The predicted molar refractivity (Wildman–Crippen MR) is 62.6 cm³/mol. The molecule has 1 unspecified atom stereocenters. The monoisotopic (exact) mass is 198 g/mol. The first-order valence-electron chi connectivity index (χ1n) is 6.05. The average molecular weight is 198 g/mol. The van der Waals surface area contributed by atoms with Crippen LogP contribution >= 0.6 is 0 Å². The SMILES string of the molecule is CNCCC(C)N(CC(C)C)C1CC1. The van der Waals surface area contributed by atoms with Gasteiger partial charge in [0, 0.05) is 18.6 Å². The van der Waals surface area contributed by atoms with E-state index in [1.807, 2.05) is 7.05 Å². The van der Waals surface area contributed by atoms with Gasteiger partial charge in [0.2, 0.25) is 0 Å². The largest absolute Gasteiger partial charge is 0.320 e. The van der Waals surface area contributed by atoms with Crippen molar-refractivity contribution in [3.05, 3.63) is 0 Å². The number of hydrogen-bond donors (Lipinski definition) is 1. The summed E-state index contributed by atoms with van der Waals surface area (Å²) in [4.78, 5) is 2.71. The number of nitrogens with one attached hydrogen (secondary N) is 1. The Bertz CT molecular complexity index is 152. The molecule has 1 saturated carbocycles. The van der Waals surface area contributed by atoms with E-state index >= 15 is 0 Å². The Labute approximate surface area is 89.1 Å². The molecule has 0 aromatic rings. The fourth-order valence-corrected chi connectivity index (χ4v) is 2.04. The van der Waals surface area contributed by atoms with Crippen molar-refractivity contribution in [1.29, 1.82) is 0 Å². The Morgan fingerprint density at radius 1 is 1.29 bits per heavy atom. The van der Waals surface area contributed by atoms with Gasteiger partial charge in [0.05, 0.1) is 0 Å². The summed E-state index contributed by atoms with van der Waals surface area (Å²) in [5.74, 6) is 0.799. The van der Waals surface area contributed by atoms with Gasteiger partial charge in [-0.1, -0.05) is 13.8 Å². The summed E-state index contributed by atoms with van der Waals surface area (Å²) < 4.78 is 0. The van der Waals surface area contributed by atoms with Gasteiger partial charge in [-0.25, -0.2) is 0 Å². The number of nitrogens with zero attached hydrogens (tertiary/aromatic N) is 1. The van der Waals surface area contributed by atoms with E-state index in [0.717, 1.165) is 24.5 Å². The molecular weight excluding hydrogens is 172 g/mol. The third-order valence-electron chi connectivity index (χ3n) is 2.97. The molecule has 0 radical (unpaired) electrons. The van der Waals surface area contributed by atoms with E-state index in [1.165, 1.54) is 25.8 Å². The summed E-state index contributed by atoms with van der Waals surface area (Å²) in [6.45, 7) is 9.43. The molecule has 2 heteroatoms. The van der Waals surface area contributed by atoms with Crippen molar-refractivity contribution in [2.75, 3.05) is 20.1 Å². The topological polar surface area (TPSA) is 15.3 Å². The lowest BCUT2D eigenvalue weighted by Crippen LogP contribution is -2.39. The van der Waals surface area contributed by atoms with Gasteiger partial charge in [-0.3, -0.25) is 4.90 Å². The summed E-state index contributed by atoms with van der Waals surface area (Å²) in [6, 6.07) is 1.65. The van der Waals surface area contributed by atoms with Gasteiger partial charge in [0.15, 0.2) is 0 Å². The second-order valence-electron chi connectivity index (χ2n) is 5.06. The van der Waals surface area contributed by atoms with Gasteiger partial charge in [-0.15, -0.1) is 0 Å². The van der Waals surface area contributed by atoms with Gasteiger partial charge in [0.1, 0.15) is 0 Å². The van der Waals surface area contributed by atoms with Crippen molar-refractivity contribution in [2.24, 2.45) is 5.92 Å². The summed E-state index contributed by atoms with van der Waals surface area (Å²) >= 11 is 0. The van der Waals surface area contributed by atoms with Crippen LogP contribution in [0.4, 0.5) is 0 Å². The quantitative estimate of drug-likeness (QED) is 0.674. The highest BCUT2D eigenvalue weighted by Gasteiger charge is 2.31. The summed E-state index contributed by atoms with van der Waals surface area (Å²) in [5.41, 5.74) is 0. The molecule has 0 heterocycles. The summed E-state index contributed by atoms with van der Waals surface area (Å²) in [5, 5.41) is 3.24. The van der Waals surface area contributed by atoms with Crippen molar-refractivity contribution in [2.45, 2.75) is 52.1 Å². The van der Waals surface area contributed by atoms with Crippen molar-refractivity contribution in [3.8, 4) is 0 Å². The van der Waals surface area contributed by atoms with Crippen molar-refractivity contribution in [3.63, 3.8) is 0 Å². The molecule has 1 rings (SSSR count). The first-order chi connectivity index (χ1) is 6.65. The van der Waals surface area contributed by atoms with E-state index in [9.17, 15) is 0 Å². The summed E-state index contributed by atoms with van der Waals surface area (Å²) in [6.07, 6.45) is 4.13. The molecule has 0 amide bonds. The molecule has 1 N–H and O–H groups in total. The highest BCUT2D eigenvalue weighted by Crippen LogP contribution is 2.29. The Kier molecular flexibility index (Phi) is 4.90. The zero-order valence-electron chi connectivity index (χ0n) is 10.2. The van der Waals surface area contributed by atoms with Crippen LogP contribution < -0.4 is 5.32 Å². The molecule has 0 aliphatic heterocycles. The molecular formula is C12H26N2. The lowest BCUT2D eigenvalue weighted by Gasteiger charge is -2.30. The molecule has 0 saturated heterocycles. The second-order valence-corrected chi connectivity index (χ2v) is 5.06. The molecule has 1 atom stereocenters. The van der Waals surface area contributed by atoms with E-state index in [2.05, 4.69) is 31.0 Å². The molecule has 14 heavy (non-hydrogen) atoms. The average Bonchev–Trinajstić information content (AvgIpc) is 2.93. The van der Waals surface area contributed by atoms with E-state index in [-0.39, 0.29) is 0 Å². The molecule has 0 bridgehead atoms. The minimum atomic E-state index is 0.748. The Morgan fingerprint density at radius 3 is 2.36 bits per heavy atom. The fraction of sp³-hybridized carbons (Fsp3) is 1.00. The van der Waals surface area contributed by atoms with Crippen LogP contribution in [0.3, 0.4) is 0 Å². The van der Waals surface area contributed by atoms with Crippen LogP contribution in [-0.4, -0.2) is 37.1 Å². The smallest absolute Gasteiger partial charge is 0.00993 e. The van der Waals surface area contributed by atoms with Crippen LogP contribution in [0.5, 0.6) is 0 Å². The lowest BCUT2D eigenvalue weighted by atomic mass is 10.1. The van der Waals surface area contributed by atoms with Crippen LogP contribution in [0.25, 0.3) is 0 Å². The highest BCUT2D eigenvalue weighted by atomic mass is 15.2. The minimum absolute atomic E-state index is 0.748. The maximum Gasteiger partial charge on any atom is 0.00993 e. The molecule has 1 fully saturated rings. The van der Waals surface area contributed by atoms with Gasteiger partial charge in [-0.2, -0.15) is 0 Å². The van der Waals surface area contributed by atoms with Crippen LogP contribution in [-0.2, 0) is 0 Å². The molecule has 0 aromatic carbocycles. The lowest BCUT2D eigenvalue weighted by molar-refractivity contribution is 0.168. The summed E-state index contributed by atoms with van der Waals surface area (Å²) in [7, 11) is 2.04. The van der Waals surface area contributed by atoms with Crippen LogP contribution in [0.15, 0.2) is 0 Å². The maximum atomic E-state index is 3.24. The molecule has 1 aliphatic carbocycles. The van der Waals surface area contributed by atoms with Crippen molar-refractivity contribution >= 4 is 0 Å².